The first-order chi connectivity index (χ1) is 15.4. The first kappa shape index (κ1) is 21.4. The molecule has 32 heavy (non-hydrogen) atoms. The van der Waals surface area contributed by atoms with Crippen molar-refractivity contribution in [2.45, 2.75) is 19.5 Å². The summed E-state index contributed by atoms with van der Waals surface area (Å²) in [6.07, 6.45) is 0. The number of non-ortho nitro benzene ring substituents is 1. The number of ether oxygens (including phenoxy) is 1. The highest BCUT2D eigenvalue weighted by atomic mass is 16.6. The number of esters is 1. The Morgan fingerprint density at radius 2 is 2.03 bits per heavy atom. The van der Waals surface area contributed by atoms with Gasteiger partial charge >= 0.3 is 5.97 Å². The van der Waals surface area contributed by atoms with Crippen LogP contribution in [0.2, 0.25) is 0 Å². The number of hydrogen-bond acceptors (Lipinski definition) is 9. The van der Waals surface area contributed by atoms with Crippen LogP contribution in [-0.2, 0) is 11.3 Å². The van der Waals surface area contributed by atoms with Gasteiger partial charge in [0, 0.05) is 49.1 Å². The van der Waals surface area contributed by atoms with Gasteiger partial charge in [-0.05, 0) is 31.2 Å². The molecule has 10 heteroatoms. The SMILES string of the molecule is COC(=O)c1ccc(N2CCN(Cc3nc(-c4cccc([N+](=O)[O-])c4)no3)C(C)C2)cc1. The molecule has 2 heterocycles. The second kappa shape index (κ2) is 9.15. The van der Waals surface area contributed by atoms with Gasteiger partial charge in [0.25, 0.3) is 5.69 Å². The van der Waals surface area contributed by atoms with Crippen molar-refractivity contribution in [3.63, 3.8) is 0 Å². The predicted molar refractivity (Wildman–Crippen MR) is 116 cm³/mol. The second-order valence-corrected chi connectivity index (χ2v) is 7.62. The van der Waals surface area contributed by atoms with Crippen molar-refractivity contribution in [1.82, 2.24) is 15.0 Å². The Balaban J connectivity index is 1.38. The Morgan fingerprint density at radius 1 is 1.25 bits per heavy atom. The van der Waals surface area contributed by atoms with Crippen molar-refractivity contribution in [2.24, 2.45) is 0 Å². The number of nitro benzene ring substituents is 1. The van der Waals surface area contributed by atoms with Crippen LogP contribution in [0.1, 0.15) is 23.2 Å². The molecule has 0 radical (unpaired) electrons. The van der Waals surface area contributed by atoms with Crippen LogP contribution < -0.4 is 4.90 Å². The summed E-state index contributed by atoms with van der Waals surface area (Å²) in [6.45, 7) is 5.05. The summed E-state index contributed by atoms with van der Waals surface area (Å²) in [4.78, 5) is 31.1. The number of nitrogens with zero attached hydrogens (tertiary/aromatic N) is 5. The molecule has 0 saturated carbocycles. The van der Waals surface area contributed by atoms with Gasteiger partial charge in [-0.3, -0.25) is 15.0 Å². The molecule has 1 aliphatic heterocycles. The van der Waals surface area contributed by atoms with E-state index in [0.717, 1.165) is 25.3 Å². The molecule has 0 N–H and O–H groups in total. The molecule has 1 fully saturated rings. The topological polar surface area (TPSA) is 115 Å². The summed E-state index contributed by atoms with van der Waals surface area (Å²) in [5.74, 6) is 0.452. The molecule has 0 amide bonds. The number of methoxy groups -OCH3 is 1. The molecule has 0 aliphatic carbocycles. The summed E-state index contributed by atoms with van der Waals surface area (Å²) in [5, 5.41) is 15.0. The zero-order valence-electron chi connectivity index (χ0n) is 17.8. The minimum absolute atomic E-state index is 0.0155. The number of rotatable bonds is 6. The van der Waals surface area contributed by atoms with Crippen LogP contribution in [0.5, 0.6) is 0 Å². The van der Waals surface area contributed by atoms with E-state index in [9.17, 15) is 14.9 Å². The lowest BCUT2D eigenvalue weighted by Crippen LogP contribution is -2.51. The van der Waals surface area contributed by atoms with Crippen molar-refractivity contribution in [3.8, 4) is 11.4 Å². The lowest BCUT2D eigenvalue weighted by atomic mass is 10.1. The van der Waals surface area contributed by atoms with Gasteiger partial charge in [0.05, 0.1) is 24.1 Å². The number of anilines is 1. The third-order valence-corrected chi connectivity index (χ3v) is 5.54. The minimum Gasteiger partial charge on any atom is -0.465 e. The van der Waals surface area contributed by atoms with Crippen LogP contribution in [0.15, 0.2) is 53.1 Å². The Labute approximate surface area is 184 Å². The van der Waals surface area contributed by atoms with E-state index in [1.54, 1.807) is 24.3 Å². The summed E-state index contributed by atoms with van der Waals surface area (Å²) >= 11 is 0. The maximum atomic E-state index is 11.6. The largest absolute Gasteiger partial charge is 0.465 e. The van der Waals surface area contributed by atoms with Gasteiger partial charge in [-0.25, -0.2) is 4.79 Å². The number of carbonyl (C=O) groups excluding carboxylic acids is 1. The van der Waals surface area contributed by atoms with Crippen LogP contribution in [0.25, 0.3) is 11.4 Å². The lowest BCUT2D eigenvalue weighted by Gasteiger charge is -2.40. The Bertz CT molecular complexity index is 1110. The third kappa shape index (κ3) is 4.59. The Kier molecular flexibility index (Phi) is 6.13. The molecule has 10 nitrogen and oxygen atoms in total. The molecule has 1 aliphatic rings. The zero-order valence-corrected chi connectivity index (χ0v) is 17.8. The van der Waals surface area contributed by atoms with Crippen molar-refractivity contribution in [1.29, 1.82) is 0 Å². The summed E-state index contributed by atoms with van der Waals surface area (Å²) in [6, 6.07) is 13.8. The first-order valence-corrected chi connectivity index (χ1v) is 10.2. The van der Waals surface area contributed by atoms with Gasteiger partial charge in [0.2, 0.25) is 11.7 Å². The molecule has 1 aromatic heterocycles. The van der Waals surface area contributed by atoms with E-state index in [4.69, 9.17) is 9.26 Å². The molecule has 4 rings (SSSR count). The van der Waals surface area contributed by atoms with Gasteiger partial charge in [-0.1, -0.05) is 17.3 Å². The number of benzene rings is 2. The van der Waals surface area contributed by atoms with Crippen LogP contribution >= 0.6 is 0 Å². The molecule has 3 aromatic rings. The fraction of sp³-hybridized carbons (Fsp3) is 0.318. The first-order valence-electron chi connectivity index (χ1n) is 10.2. The quantitative estimate of drug-likeness (QED) is 0.326. The second-order valence-electron chi connectivity index (χ2n) is 7.62. The van der Waals surface area contributed by atoms with Gasteiger partial charge in [-0.15, -0.1) is 0 Å². The van der Waals surface area contributed by atoms with Crippen molar-refractivity contribution < 1.29 is 19.0 Å². The number of hydrogen-bond donors (Lipinski definition) is 0. The maximum absolute atomic E-state index is 11.6. The molecular weight excluding hydrogens is 414 g/mol. The highest BCUT2D eigenvalue weighted by molar-refractivity contribution is 5.89. The summed E-state index contributed by atoms with van der Waals surface area (Å²) in [7, 11) is 1.37. The highest BCUT2D eigenvalue weighted by Crippen LogP contribution is 2.24. The number of piperazine rings is 1. The monoisotopic (exact) mass is 437 g/mol. The standard InChI is InChI=1S/C22H23N5O5/c1-15-13-26(18-8-6-16(7-9-18)22(28)31-2)11-10-25(15)14-20-23-21(24-32-20)17-4-3-5-19(12-17)27(29)30/h3-9,12,15H,10-11,13-14H2,1-2H3. The predicted octanol–water partition coefficient (Wildman–Crippen LogP) is 3.14. The van der Waals surface area contributed by atoms with Gasteiger partial charge < -0.3 is 14.2 Å². The average Bonchev–Trinajstić information content (AvgIpc) is 3.28. The fourth-order valence-electron chi connectivity index (χ4n) is 3.76. The number of aromatic nitrogens is 2. The van der Waals surface area contributed by atoms with E-state index in [2.05, 4.69) is 26.9 Å². The van der Waals surface area contributed by atoms with E-state index in [1.807, 2.05) is 12.1 Å². The summed E-state index contributed by atoms with van der Waals surface area (Å²) in [5.41, 5.74) is 2.11. The Hall–Kier alpha value is -3.79. The molecule has 1 unspecified atom stereocenters. The van der Waals surface area contributed by atoms with Crippen molar-refractivity contribution >= 4 is 17.3 Å². The van der Waals surface area contributed by atoms with E-state index >= 15 is 0 Å². The highest BCUT2D eigenvalue weighted by Gasteiger charge is 2.26. The van der Waals surface area contributed by atoms with E-state index in [1.165, 1.54) is 19.2 Å². The molecule has 1 saturated heterocycles. The number of carbonyl (C=O) groups is 1. The van der Waals surface area contributed by atoms with E-state index < -0.39 is 4.92 Å². The fourth-order valence-corrected chi connectivity index (χ4v) is 3.76. The number of nitro groups is 1. The van der Waals surface area contributed by atoms with Gasteiger partial charge in [-0.2, -0.15) is 4.98 Å². The summed E-state index contributed by atoms with van der Waals surface area (Å²) < 4.78 is 10.1. The van der Waals surface area contributed by atoms with Crippen LogP contribution in [-0.4, -0.2) is 58.7 Å². The zero-order chi connectivity index (χ0) is 22.7. The van der Waals surface area contributed by atoms with Gasteiger partial charge in [0.1, 0.15) is 0 Å². The van der Waals surface area contributed by atoms with Crippen LogP contribution in [0.4, 0.5) is 11.4 Å². The van der Waals surface area contributed by atoms with E-state index in [-0.39, 0.29) is 17.7 Å². The Morgan fingerprint density at radius 3 is 2.72 bits per heavy atom. The molecule has 0 bridgehead atoms. The third-order valence-electron chi connectivity index (χ3n) is 5.54. The normalized spacial score (nSPS) is 16.7. The van der Waals surface area contributed by atoms with Crippen LogP contribution in [0, 0.1) is 10.1 Å². The molecular formula is C22H23N5O5. The molecule has 166 valence electrons. The molecule has 2 aromatic carbocycles. The van der Waals surface area contributed by atoms with Crippen LogP contribution in [0.3, 0.4) is 0 Å². The van der Waals surface area contributed by atoms with Gasteiger partial charge in [0.15, 0.2) is 0 Å². The van der Waals surface area contributed by atoms with Crippen molar-refractivity contribution in [3.05, 3.63) is 70.1 Å². The maximum Gasteiger partial charge on any atom is 0.337 e. The minimum atomic E-state index is -0.450. The smallest absolute Gasteiger partial charge is 0.337 e. The van der Waals surface area contributed by atoms with E-state index in [0.29, 0.717) is 29.4 Å². The molecule has 0 spiro atoms. The lowest BCUT2D eigenvalue weighted by molar-refractivity contribution is -0.384. The van der Waals surface area contributed by atoms with Crippen molar-refractivity contribution in [2.75, 3.05) is 31.6 Å². The molecule has 1 atom stereocenters. The average molecular weight is 437 g/mol.